The molecule has 0 aliphatic carbocycles. The number of rotatable bonds is 4. The molecule has 0 aromatic carbocycles. The maximum absolute atomic E-state index is 5.29. The van der Waals surface area contributed by atoms with Crippen LogP contribution in [-0.4, -0.2) is 24.9 Å². The molecule has 0 fully saturated rings. The molecule has 3 heterocycles. The summed E-state index contributed by atoms with van der Waals surface area (Å²) in [5.41, 5.74) is 0.945. The number of furan rings is 1. The Morgan fingerprint density at radius 3 is 2.80 bits per heavy atom. The summed E-state index contributed by atoms with van der Waals surface area (Å²) in [7, 11) is 1.92. The summed E-state index contributed by atoms with van der Waals surface area (Å²) < 4.78 is 12.3. The van der Waals surface area contributed by atoms with E-state index >= 15 is 0 Å². The third kappa shape index (κ3) is 2.34. The van der Waals surface area contributed by atoms with Gasteiger partial charge in [-0.15, -0.1) is 10.2 Å². The lowest BCUT2D eigenvalue weighted by molar-refractivity contribution is 0.387. The van der Waals surface area contributed by atoms with E-state index in [1.807, 2.05) is 24.6 Å². The molecule has 3 aromatic rings. The Bertz CT molecular complexity index is 730. The van der Waals surface area contributed by atoms with Gasteiger partial charge in [-0.3, -0.25) is 0 Å². The van der Waals surface area contributed by atoms with Crippen molar-refractivity contribution in [3.05, 3.63) is 29.8 Å². The van der Waals surface area contributed by atoms with Gasteiger partial charge in [0.25, 0.3) is 0 Å². The van der Waals surface area contributed by atoms with Gasteiger partial charge < -0.3 is 13.5 Å². The van der Waals surface area contributed by atoms with Crippen molar-refractivity contribution in [3.8, 4) is 11.4 Å². The van der Waals surface area contributed by atoms with Crippen molar-refractivity contribution in [1.82, 2.24) is 24.9 Å². The highest BCUT2D eigenvalue weighted by Gasteiger charge is 2.15. The molecular formula is C12H13N5O2S. The lowest BCUT2D eigenvalue weighted by atomic mass is 10.2. The summed E-state index contributed by atoms with van der Waals surface area (Å²) in [4.78, 5) is 4.16. The lowest BCUT2D eigenvalue weighted by Crippen LogP contribution is -1.95. The Hall–Kier alpha value is -2.09. The highest BCUT2D eigenvalue weighted by molar-refractivity contribution is 7.98. The van der Waals surface area contributed by atoms with Gasteiger partial charge in [0.1, 0.15) is 5.76 Å². The smallest absolute Gasteiger partial charge is 0.237 e. The molecule has 7 nitrogen and oxygen atoms in total. The highest BCUT2D eigenvalue weighted by atomic mass is 32.2. The maximum atomic E-state index is 5.29. The van der Waals surface area contributed by atoms with Crippen LogP contribution >= 0.6 is 11.8 Å². The predicted octanol–water partition coefficient (Wildman–Crippen LogP) is 2.37. The van der Waals surface area contributed by atoms with Gasteiger partial charge in [0, 0.05) is 7.05 Å². The fourth-order valence-corrected chi connectivity index (χ4v) is 2.57. The molecule has 0 aliphatic heterocycles. The van der Waals surface area contributed by atoms with Gasteiger partial charge in [-0.2, -0.15) is 4.98 Å². The first-order valence-electron chi connectivity index (χ1n) is 6.01. The second-order valence-electron chi connectivity index (χ2n) is 4.28. The van der Waals surface area contributed by atoms with E-state index in [4.69, 9.17) is 8.94 Å². The molecule has 0 radical (unpaired) electrons. The minimum Gasteiger partial charge on any atom is -0.469 e. The van der Waals surface area contributed by atoms with E-state index in [1.54, 1.807) is 13.2 Å². The molecule has 0 saturated heterocycles. The van der Waals surface area contributed by atoms with Crippen LogP contribution in [0.1, 0.15) is 17.5 Å². The monoisotopic (exact) mass is 291 g/mol. The van der Waals surface area contributed by atoms with Crippen LogP contribution < -0.4 is 0 Å². The molecule has 104 valence electrons. The summed E-state index contributed by atoms with van der Waals surface area (Å²) in [6.45, 7) is 3.69. The van der Waals surface area contributed by atoms with Crippen LogP contribution in [-0.2, 0) is 12.8 Å². The van der Waals surface area contributed by atoms with Crippen LogP contribution in [0.5, 0.6) is 0 Å². The fourth-order valence-electron chi connectivity index (χ4n) is 1.82. The van der Waals surface area contributed by atoms with Gasteiger partial charge >= 0.3 is 0 Å². The molecule has 3 aromatic heterocycles. The number of nitrogens with zero attached hydrogens (tertiary/aromatic N) is 5. The molecule has 0 unspecified atom stereocenters. The average molecular weight is 291 g/mol. The topological polar surface area (TPSA) is 82.8 Å². The molecule has 0 saturated carbocycles. The van der Waals surface area contributed by atoms with E-state index < -0.39 is 0 Å². The maximum Gasteiger partial charge on any atom is 0.237 e. The van der Waals surface area contributed by atoms with Crippen molar-refractivity contribution >= 4 is 11.8 Å². The largest absolute Gasteiger partial charge is 0.469 e. The zero-order valence-corrected chi connectivity index (χ0v) is 12.1. The van der Waals surface area contributed by atoms with Crippen LogP contribution in [0.3, 0.4) is 0 Å². The van der Waals surface area contributed by atoms with E-state index in [2.05, 4.69) is 20.3 Å². The van der Waals surface area contributed by atoms with Crippen LogP contribution in [0.15, 0.2) is 26.4 Å². The Balaban J connectivity index is 1.79. The first-order valence-corrected chi connectivity index (χ1v) is 6.99. The highest BCUT2D eigenvalue weighted by Crippen LogP contribution is 2.27. The van der Waals surface area contributed by atoms with Crippen molar-refractivity contribution < 1.29 is 8.94 Å². The van der Waals surface area contributed by atoms with Crippen molar-refractivity contribution in [3.63, 3.8) is 0 Å². The van der Waals surface area contributed by atoms with Crippen molar-refractivity contribution in [2.24, 2.45) is 7.05 Å². The zero-order valence-electron chi connectivity index (χ0n) is 11.3. The van der Waals surface area contributed by atoms with E-state index in [9.17, 15) is 0 Å². The molecule has 0 aliphatic rings. The molecule has 0 bridgehead atoms. The first kappa shape index (κ1) is 12.9. The van der Waals surface area contributed by atoms with Gasteiger partial charge in [-0.25, -0.2) is 0 Å². The van der Waals surface area contributed by atoms with Gasteiger partial charge in [-0.1, -0.05) is 16.9 Å². The Kier molecular flexibility index (Phi) is 3.31. The normalized spacial score (nSPS) is 11.2. The summed E-state index contributed by atoms with van der Waals surface area (Å²) in [5.74, 6) is 3.38. The summed E-state index contributed by atoms with van der Waals surface area (Å²) in [6.07, 6.45) is 1.65. The molecule has 0 amide bonds. The minimum atomic E-state index is 0.567. The van der Waals surface area contributed by atoms with Crippen molar-refractivity contribution in [2.45, 2.75) is 24.8 Å². The number of hydrogen-bond acceptors (Lipinski definition) is 7. The number of aryl methyl sites for hydroxylation is 2. The van der Waals surface area contributed by atoms with Crippen LogP contribution in [0.2, 0.25) is 0 Å². The predicted molar refractivity (Wildman–Crippen MR) is 72.0 cm³/mol. The average Bonchev–Trinajstić information content (AvgIpc) is 3.10. The molecule has 0 atom stereocenters. The van der Waals surface area contributed by atoms with Crippen LogP contribution in [0, 0.1) is 13.8 Å². The Labute approximate surface area is 119 Å². The molecule has 3 rings (SSSR count). The summed E-state index contributed by atoms with van der Waals surface area (Å²) in [6, 6.07) is 1.88. The second kappa shape index (κ2) is 5.12. The molecule has 8 heteroatoms. The molecule has 0 N–H and O–H groups in total. The summed E-state index contributed by atoms with van der Waals surface area (Å²) >= 11 is 1.50. The van der Waals surface area contributed by atoms with Crippen molar-refractivity contribution in [2.75, 3.05) is 0 Å². The fraction of sp³-hybridized carbons (Fsp3) is 0.333. The minimum absolute atomic E-state index is 0.567. The second-order valence-corrected chi connectivity index (χ2v) is 5.22. The Morgan fingerprint density at radius 2 is 2.15 bits per heavy atom. The third-order valence-electron chi connectivity index (χ3n) is 2.83. The third-order valence-corrected chi connectivity index (χ3v) is 3.83. The Morgan fingerprint density at radius 1 is 1.30 bits per heavy atom. The van der Waals surface area contributed by atoms with Crippen LogP contribution in [0.25, 0.3) is 11.4 Å². The van der Waals surface area contributed by atoms with Crippen LogP contribution in [0.4, 0.5) is 0 Å². The number of hydrogen-bond donors (Lipinski definition) is 0. The molecule has 20 heavy (non-hydrogen) atoms. The van der Waals surface area contributed by atoms with Gasteiger partial charge in [0.15, 0.2) is 16.8 Å². The van der Waals surface area contributed by atoms with Gasteiger partial charge in [0.05, 0.1) is 17.6 Å². The van der Waals surface area contributed by atoms with Gasteiger partial charge in [0.2, 0.25) is 5.89 Å². The van der Waals surface area contributed by atoms with E-state index in [0.717, 1.165) is 22.3 Å². The van der Waals surface area contributed by atoms with E-state index in [0.29, 0.717) is 17.5 Å². The van der Waals surface area contributed by atoms with E-state index in [1.165, 1.54) is 11.8 Å². The number of aromatic nitrogens is 5. The SMILES string of the molecule is Cc1noc(CSc2nnc(-c3ccoc3C)n2C)n1. The standard InChI is InChI=1S/C12H13N5O2S/c1-7-9(4-5-18-7)11-14-15-12(17(11)3)20-6-10-13-8(2)16-19-10/h4-5H,6H2,1-3H3. The molecule has 0 spiro atoms. The number of thioether (sulfide) groups is 1. The first-order chi connectivity index (χ1) is 9.65. The quantitative estimate of drug-likeness (QED) is 0.682. The summed E-state index contributed by atoms with van der Waals surface area (Å²) in [5, 5.41) is 12.9. The lowest BCUT2D eigenvalue weighted by Gasteiger charge is -2.01. The van der Waals surface area contributed by atoms with Gasteiger partial charge in [-0.05, 0) is 19.9 Å². The zero-order chi connectivity index (χ0) is 14.1. The molecular weight excluding hydrogens is 278 g/mol. The van der Waals surface area contributed by atoms with Crippen molar-refractivity contribution in [1.29, 1.82) is 0 Å². The van der Waals surface area contributed by atoms with E-state index in [-0.39, 0.29) is 0 Å².